The highest BCUT2D eigenvalue weighted by Crippen LogP contribution is 2.33. The molecule has 7 heteroatoms. The molecule has 5 rings (SSSR count). The van der Waals surface area contributed by atoms with Gasteiger partial charge in [0, 0.05) is 36.5 Å². The van der Waals surface area contributed by atoms with Crippen LogP contribution in [-0.4, -0.2) is 31.1 Å². The van der Waals surface area contributed by atoms with Crippen LogP contribution in [0.4, 0.5) is 5.82 Å². The topological polar surface area (TPSA) is 79.2 Å². The lowest BCUT2D eigenvalue weighted by molar-refractivity contribution is 0.111. The Balaban J connectivity index is 1.73. The predicted octanol–water partition coefficient (Wildman–Crippen LogP) is 3.58. The van der Waals surface area contributed by atoms with E-state index in [9.17, 15) is 4.79 Å². The molecule has 1 aliphatic heterocycles. The number of aromatic amines is 1. The SMILES string of the molecule is CC(C)c1c(C=O)nn2c(-c3cn[nH]c3)cc(N3Cc4ccccc4C3)nc12. The summed E-state index contributed by atoms with van der Waals surface area (Å²) in [5, 5.41) is 11.5. The van der Waals surface area contributed by atoms with E-state index in [0.717, 1.165) is 47.7 Å². The van der Waals surface area contributed by atoms with Crippen LogP contribution in [0.1, 0.15) is 46.9 Å². The third-order valence-electron chi connectivity index (χ3n) is 5.29. The lowest BCUT2D eigenvalue weighted by atomic mass is 10.0. The number of anilines is 1. The van der Waals surface area contributed by atoms with E-state index in [0.29, 0.717) is 5.69 Å². The van der Waals surface area contributed by atoms with Crippen LogP contribution in [0, 0.1) is 0 Å². The number of aromatic nitrogens is 5. The molecule has 1 aliphatic rings. The first-order valence-electron chi connectivity index (χ1n) is 9.35. The van der Waals surface area contributed by atoms with E-state index in [-0.39, 0.29) is 5.92 Å². The summed E-state index contributed by atoms with van der Waals surface area (Å²) in [6.07, 6.45) is 4.40. The van der Waals surface area contributed by atoms with E-state index in [1.54, 1.807) is 10.7 Å². The molecule has 1 N–H and O–H groups in total. The molecule has 0 fully saturated rings. The number of H-pyrrole nitrogens is 1. The molecular weight excluding hydrogens is 352 g/mol. The van der Waals surface area contributed by atoms with E-state index in [4.69, 9.17) is 4.98 Å². The fraction of sp³-hybridized carbons (Fsp3) is 0.238. The molecule has 0 spiro atoms. The summed E-state index contributed by atoms with van der Waals surface area (Å²) in [5.74, 6) is 1.01. The van der Waals surface area contributed by atoms with Crippen molar-refractivity contribution in [3.8, 4) is 11.3 Å². The number of rotatable bonds is 4. The molecule has 0 saturated heterocycles. The van der Waals surface area contributed by atoms with Gasteiger partial charge in [0.2, 0.25) is 0 Å². The van der Waals surface area contributed by atoms with Crippen molar-refractivity contribution in [2.75, 3.05) is 4.90 Å². The second-order valence-corrected chi connectivity index (χ2v) is 7.42. The molecule has 0 amide bonds. The number of nitrogens with zero attached hydrogens (tertiary/aromatic N) is 5. The fourth-order valence-electron chi connectivity index (χ4n) is 3.93. The third kappa shape index (κ3) is 2.51. The van der Waals surface area contributed by atoms with Gasteiger partial charge in [0.05, 0.1) is 11.9 Å². The number of hydrogen-bond donors (Lipinski definition) is 1. The monoisotopic (exact) mass is 372 g/mol. The maximum atomic E-state index is 11.7. The van der Waals surface area contributed by atoms with Crippen LogP contribution in [-0.2, 0) is 13.1 Å². The summed E-state index contributed by atoms with van der Waals surface area (Å²) in [5.41, 5.74) is 6.44. The van der Waals surface area contributed by atoms with Crippen molar-refractivity contribution < 1.29 is 4.79 Å². The number of carbonyl (C=O) groups is 1. The second kappa shape index (κ2) is 6.30. The van der Waals surface area contributed by atoms with E-state index in [1.807, 2.05) is 12.3 Å². The number of hydrogen-bond acceptors (Lipinski definition) is 5. The molecular formula is C21H20N6O. The third-order valence-corrected chi connectivity index (χ3v) is 5.29. The maximum Gasteiger partial charge on any atom is 0.170 e. The van der Waals surface area contributed by atoms with Gasteiger partial charge >= 0.3 is 0 Å². The Bertz CT molecular complexity index is 1150. The summed E-state index contributed by atoms with van der Waals surface area (Å²) in [4.78, 5) is 18.8. The molecule has 0 bridgehead atoms. The van der Waals surface area contributed by atoms with Crippen molar-refractivity contribution in [3.05, 3.63) is 65.1 Å². The first-order chi connectivity index (χ1) is 13.7. The first-order valence-corrected chi connectivity index (χ1v) is 9.35. The molecule has 140 valence electrons. The second-order valence-electron chi connectivity index (χ2n) is 7.42. The summed E-state index contributed by atoms with van der Waals surface area (Å²) in [7, 11) is 0. The molecule has 4 heterocycles. The molecule has 0 atom stereocenters. The van der Waals surface area contributed by atoms with Gasteiger partial charge in [-0.3, -0.25) is 9.89 Å². The number of nitrogens with one attached hydrogen (secondary N) is 1. The average molecular weight is 372 g/mol. The van der Waals surface area contributed by atoms with E-state index >= 15 is 0 Å². The zero-order valence-corrected chi connectivity index (χ0v) is 15.8. The first kappa shape index (κ1) is 16.7. The van der Waals surface area contributed by atoms with Gasteiger partial charge in [-0.1, -0.05) is 38.1 Å². The highest BCUT2D eigenvalue weighted by atomic mass is 16.1. The van der Waals surface area contributed by atoms with Crippen molar-refractivity contribution in [2.45, 2.75) is 32.9 Å². The van der Waals surface area contributed by atoms with Crippen molar-refractivity contribution in [2.24, 2.45) is 0 Å². The van der Waals surface area contributed by atoms with Crippen LogP contribution in [0.25, 0.3) is 16.9 Å². The Morgan fingerprint density at radius 1 is 1.18 bits per heavy atom. The van der Waals surface area contributed by atoms with Gasteiger partial charge in [-0.05, 0) is 17.0 Å². The zero-order valence-electron chi connectivity index (χ0n) is 15.8. The molecule has 1 aromatic carbocycles. The highest BCUT2D eigenvalue weighted by molar-refractivity contribution is 5.81. The summed E-state index contributed by atoms with van der Waals surface area (Å²) in [6.45, 7) is 5.74. The predicted molar refractivity (Wildman–Crippen MR) is 106 cm³/mol. The maximum absolute atomic E-state index is 11.7. The van der Waals surface area contributed by atoms with Crippen LogP contribution < -0.4 is 4.90 Å². The van der Waals surface area contributed by atoms with Gasteiger partial charge in [-0.25, -0.2) is 9.50 Å². The fourth-order valence-corrected chi connectivity index (χ4v) is 3.93. The summed E-state index contributed by atoms with van der Waals surface area (Å²) in [6, 6.07) is 10.5. The van der Waals surface area contributed by atoms with Crippen molar-refractivity contribution in [3.63, 3.8) is 0 Å². The number of benzene rings is 1. The molecule has 7 nitrogen and oxygen atoms in total. The van der Waals surface area contributed by atoms with Gasteiger partial charge in [-0.2, -0.15) is 10.2 Å². The van der Waals surface area contributed by atoms with Gasteiger partial charge in [0.1, 0.15) is 11.5 Å². The molecule has 4 aromatic rings. The highest BCUT2D eigenvalue weighted by Gasteiger charge is 2.25. The van der Waals surface area contributed by atoms with Crippen molar-refractivity contribution in [1.82, 2.24) is 24.8 Å². The van der Waals surface area contributed by atoms with Crippen LogP contribution in [0.3, 0.4) is 0 Å². The minimum atomic E-state index is 0.133. The van der Waals surface area contributed by atoms with Crippen molar-refractivity contribution in [1.29, 1.82) is 0 Å². The van der Waals surface area contributed by atoms with Gasteiger partial charge in [0.15, 0.2) is 11.9 Å². The Morgan fingerprint density at radius 2 is 1.93 bits per heavy atom. The van der Waals surface area contributed by atoms with Crippen LogP contribution >= 0.6 is 0 Å². The van der Waals surface area contributed by atoms with Crippen LogP contribution in [0.15, 0.2) is 42.7 Å². The smallest absolute Gasteiger partial charge is 0.170 e. The van der Waals surface area contributed by atoms with Gasteiger partial charge in [0.25, 0.3) is 0 Å². The average Bonchev–Trinajstić information content (AvgIpc) is 3.43. The molecule has 0 radical (unpaired) electrons. The standard InChI is InChI=1S/C21H20N6O/c1-13(2)20-17(12-28)25-27-18(16-8-22-23-9-16)7-19(24-21(20)27)26-10-14-5-3-4-6-15(14)11-26/h3-9,12-13H,10-11H2,1-2H3,(H,22,23). The molecule has 0 unspecified atom stereocenters. The van der Waals surface area contributed by atoms with Gasteiger partial charge < -0.3 is 4.90 Å². The Hall–Kier alpha value is -3.48. The quantitative estimate of drug-likeness (QED) is 0.554. The Morgan fingerprint density at radius 3 is 2.54 bits per heavy atom. The van der Waals surface area contributed by atoms with Crippen LogP contribution in [0.5, 0.6) is 0 Å². The van der Waals surface area contributed by atoms with E-state index in [1.165, 1.54) is 11.1 Å². The van der Waals surface area contributed by atoms with Crippen molar-refractivity contribution >= 4 is 17.8 Å². The molecule has 0 aliphatic carbocycles. The van der Waals surface area contributed by atoms with Gasteiger partial charge in [-0.15, -0.1) is 0 Å². The Kier molecular flexibility index (Phi) is 3.75. The van der Waals surface area contributed by atoms with Crippen LogP contribution in [0.2, 0.25) is 0 Å². The lowest BCUT2D eigenvalue weighted by Gasteiger charge is -2.18. The normalized spacial score (nSPS) is 13.5. The Labute approximate surface area is 162 Å². The zero-order chi connectivity index (χ0) is 19.3. The summed E-state index contributed by atoms with van der Waals surface area (Å²) < 4.78 is 1.76. The molecule has 3 aromatic heterocycles. The largest absolute Gasteiger partial charge is 0.348 e. The number of aldehydes is 1. The summed E-state index contributed by atoms with van der Waals surface area (Å²) >= 11 is 0. The minimum Gasteiger partial charge on any atom is -0.348 e. The number of carbonyl (C=O) groups excluding carboxylic acids is 1. The van der Waals surface area contributed by atoms with E-state index in [2.05, 4.69) is 58.3 Å². The number of fused-ring (bicyclic) bond motifs is 2. The van der Waals surface area contributed by atoms with E-state index < -0.39 is 0 Å². The molecule has 28 heavy (non-hydrogen) atoms. The molecule has 0 saturated carbocycles. The lowest BCUT2D eigenvalue weighted by Crippen LogP contribution is -2.17. The minimum absolute atomic E-state index is 0.133.